The number of methoxy groups -OCH3 is 1. The van der Waals surface area contributed by atoms with E-state index < -0.39 is 0 Å². The molecule has 0 spiro atoms. The molecule has 1 heterocycles. The zero-order valence-electron chi connectivity index (χ0n) is 15.4. The first kappa shape index (κ1) is 18.7. The van der Waals surface area contributed by atoms with Gasteiger partial charge in [-0.05, 0) is 37.1 Å². The van der Waals surface area contributed by atoms with Crippen molar-refractivity contribution in [2.75, 3.05) is 13.7 Å². The lowest BCUT2D eigenvalue weighted by Gasteiger charge is -2.18. The van der Waals surface area contributed by atoms with E-state index in [-0.39, 0.29) is 18.6 Å². The molecule has 0 saturated heterocycles. The number of aromatic amines is 1. The molecule has 0 unspecified atom stereocenters. The number of amides is 1. The maximum Gasteiger partial charge on any atom is 0.269 e. The minimum Gasteiger partial charge on any atom is -0.497 e. The summed E-state index contributed by atoms with van der Waals surface area (Å²) >= 11 is 0. The number of carbonyl (C=O) groups is 1. The fraction of sp³-hybridized carbons (Fsp3) is 0.238. The van der Waals surface area contributed by atoms with Crippen LogP contribution in [0.25, 0.3) is 11.3 Å². The zero-order chi connectivity index (χ0) is 19.2. The van der Waals surface area contributed by atoms with Crippen molar-refractivity contribution in [2.24, 2.45) is 0 Å². The van der Waals surface area contributed by atoms with E-state index in [2.05, 4.69) is 15.5 Å². The summed E-state index contributed by atoms with van der Waals surface area (Å²) < 4.78 is 5.23. The summed E-state index contributed by atoms with van der Waals surface area (Å²) in [5.41, 5.74) is 3.98. The largest absolute Gasteiger partial charge is 0.497 e. The standard InChI is InChI=1S/C21H23N3O3/c1-14-6-8-15(9-7-14)18(10-11-25)22-21(26)20-13-19(23-24-20)16-4-3-5-17(12-16)27-2/h3-9,12-13,18,25H,10-11H2,1-2H3,(H,22,26)(H,23,24)/t18-/m1/s1. The van der Waals surface area contributed by atoms with Crippen molar-refractivity contribution >= 4 is 5.91 Å². The quantitative estimate of drug-likeness (QED) is 0.600. The van der Waals surface area contributed by atoms with Crippen LogP contribution in [0.5, 0.6) is 5.75 Å². The molecule has 1 amide bonds. The highest BCUT2D eigenvalue weighted by molar-refractivity contribution is 5.93. The third-order valence-electron chi connectivity index (χ3n) is 4.39. The minimum atomic E-state index is -0.272. The van der Waals surface area contributed by atoms with Crippen molar-refractivity contribution in [1.29, 1.82) is 0 Å². The molecule has 0 fully saturated rings. The van der Waals surface area contributed by atoms with E-state index in [9.17, 15) is 9.90 Å². The van der Waals surface area contributed by atoms with E-state index in [0.717, 1.165) is 22.4 Å². The predicted molar refractivity (Wildman–Crippen MR) is 104 cm³/mol. The highest BCUT2D eigenvalue weighted by atomic mass is 16.5. The van der Waals surface area contributed by atoms with Gasteiger partial charge in [0, 0.05) is 12.2 Å². The van der Waals surface area contributed by atoms with Crippen molar-refractivity contribution < 1.29 is 14.6 Å². The van der Waals surface area contributed by atoms with Gasteiger partial charge in [-0.25, -0.2) is 0 Å². The fourth-order valence-electron chi connectivity index (χ4n) is 2.85. The second-order valence-electron chi connectivity index (χ2n) is 6.35. The van der Waals surface area contributed by atoms with Gasteiger partial charge in [0.2, 0.25) is 0 Å². The van der Waals surface area contributed by atoms with Crippen molar-refractivity contribution in [3.63, 3.8) is 0 Å². The Morgan fingerprint density at radius 2 is 2.00 bits per heavy atom. The average molecular weight is 365 g/mol. The van der Waals surface area contributed by atoms with Crippen LogP contribution in [0.3, 0.4) is 0 Å². The van der Waals surface area contributed by atoms with Gasteiger partial charge in [-0.15, -0.1) is 0 Å². The molecule has 0 aliphatic rings. The molecule has 2 aromatic carbocycles. The smallest absolute Gasteiger partial charge is 0.269 e. The maximum absolute atomic E-state index is 12.6. The van der Waals surface area contributed by atoms with Gasteiger partial charge < -0.3 is 15.2 Å². The first-order valence-corrected chi connectivity index (χ1v) is 8.79. The number of ether oxygens (including phenoxy) is 1. The number of H-pyrrole nitrogens is 1. The summed E-state index contributed by atoms with van der Waals surface area (Å²) in [4.78, 5) is 12.6. The summed E-state index contributed by atoms with van der Waals surface area (Å²) in [6.07, 6.45) is 0.436. The molecule has 1 atom stereocenters. The lowest BCUT2D eigenvalue weighted by molar-refractivity contribution is 0.0925. The molecule has 6 nitrogen and oxygen atoms in total. The van der Waals surface area contributed by atoms with Crippen LogP contribution < -0.4 is 10.1 Å². The Hall–Kier alpha value is -3.12. The number of rotatable bonds is 7. The topological polar surface area (TPSA) is 87.2 Å². The fourth-order valence-corrected chi connectivity index (χ4v) is 2.85. The van der Waals surface area contributed by atoms with Crippen LogP contribution in [0.15, 0.2) is 54.6 Å². The van der Waals surface area contributed by atoms with E-state index in [0.29, 0.717) is 17.8 Å². The third-order valence-corrected chi connectivity index (χ3v) is 4.39. The molecule has 0 bridgehead atoms. The summed E-state index contributed by atoms with van der Waals surface area (Å²) in [6.45, 7) is 1.99. The number of nitrogens with zero attached hydrogens (tertiary/aromatic N) is 1. The van der Waals surface area contributed by atoms with Crippen molar-refractivity contribution in [3.8, 4) is 17.0 Å². The Bertz CT molecular complexity index is 903. The van der Waals surface area contributed by atoms with E-state index in [1.54, 1.807) is 13.2 Å². The second-order valence-corrected chi connectivity index (χ2v) is 6.35. The highest BCUT2D eigenvalue weighted by Gasteiger charge is 2.17. The van der Waals surface area contributed by atoms with Gasteiger partial charge in [-0.1, -0.05) is 42.0 Å². The molecule has 27 heavy (non-hydrogen) atoms. The van der Waals surface area contributed by atoms with Crippen molar-refractivity contribution in [2.45, 2.75) is 19.4 Å². The molecular weight excluding hydrogens is 342 g/mol. The third kappa shape index (κ3) is 4.54. The van der Waals surface area contributed by atoms with Crippen LogP contribution in [0, 0.1) is 6.92 Å². The van der Waals surface area contributed by atoms with E-state index in [1.165, 1.54) is 0 Å². The molecule has 0 radical (unpaired) electrons. The van der Waals surface area contributed by atoms with Crippen molar-refractivity contribution in [1.82, 2.24) is 15.5 Å². The lowest BCUT2D eigenvalue weighted by Crippen LogP contribution is -2.29. The monoisotopic (exact) mass is 365 g/mol. The SMILES string of the molecule is COc1cccc(-c2cc(C(=O)N[C@H](CCO)c3ccc(C)cc3)[nH]n2)c1. The lowest BCUT2D eigenvalue weighted by atomic mass is 10.0. The van der Waals surface area contributed by atoms with Crippen LogP contribution >= 0.6 is 0 Å². The van der Waals surface area contributed by atoms with Gasteiger partial charge in [-0.3, -0.25) is 9.89 Å². The van der Waals surface area contributed by atoms with E-state index in [4.69, 9.17) is 4.74 Å². The Kier molecular flexibility index (Phi) is 5.88. The number of carbonyl (C=O) groups excluding carboxylic acids is 1. The molecular formula is C21H23N3O3. The molecule has 0 aliphatic carbocycles. The number of benzene rings is 2. The summed E-state index contributed by atoms with van der Waals surface area (Å²) in [5, 5.41) is 19.3. The summed E-state index contributed by atoms with van der Waals surface area (Å²) in [7, 11) is 1.61. The van der Waals surface area contributed by atoms with Gasteiger partial charge in [0.25, 0.3) is 5.91 Å². The van der Waals surface area contributed by atoms with Gasteiger partial charge in [-0.2, -0.15) is 5.10 Å². The van der Waals surface area contributed by atoms with Crippen molar-refractivity contribution in [3.05, 3.63) is 71.4 Å². The Morgan fingerprint density at radius 3 is 2.70 bits per heavy atom. The number of aliphatic hydroxyl groups is 1. The average Bonchev–Trinajstić information content (AvgIpc) is 3.19. The van der Waals surface area contributed by atoms with Gasteiger partial charge in [0.1, 0.15) is 11.4 Å². The Labute approximate surface area is 158 Å². The van der Waals surface area contributed by atoms with E-state index in [1.807, 2.05) is 55.5 Å². The van der Waals surface area contributed by atoms with Gasteiger partial charge >= 0.3 is 0 Å². The Balaban J connectivity index is 1.76. The zero-order valence-corrected chi connectivity index (χ0v) is 15.4. The normalized spacial score (nSPS) is 11.8. The molecule has 3 rings (SSSR count). The number of hydrogen-bond donors (Lipinski definition) is 3. The Morgan fingerprint density at radius 1 is 1.22 bits per heavy atom. The number of aliphatic hydroxyl groups excluding tert-OH is 1. The predicted octanol–water partition coefficient (Wildman–Crippen LogP) is 3.25. The maximum atomic E-state index is 12.6. The van der Waals surface area contributed by atoms with Crippen LogP contribution in [0.1, 0.15) is 34.1 Å². The molecule has 0 saturated carbocycles. The van der Waals surface area contributed by atoms with Gasteiger partial charge in [0.15, 0.2) is 0 Å². The van der Waals surface area contributed by atoms with Crippen LogP contribution in [-0.4, -0.2) is 34.9 Å². The molecule has 6 heteroatoms. The van der Waals surface area contributed by atoms with Crippen LogP contribution in [-0.2, 0) is 0 Å². The first-order chi connectivity index (χ1) is 13.1. The minimum absolute atomic E-state index is 0.0170. The summed E-state index contributed by atoms with van der Waals surface area (Å²) in [6, 6.07) is 16.8. The first-order valence-electron chi connectivity index (χ1n) is 8.79. The number of hydrogen-bond acceptors (Lipinski definition) is 4. The molecule has 3 aromatic rings. The highest BCUT2D eigenvalue weighted by Crippen LogP contribution is 2.23. The van der Waals surface area contributed by atoms with Gasteiger partial charge in [0.05, 0.1) is 18.8 Å². The second kappa shape index (κ2) is 8.51. The molecule has 0 aliphatic heterocycles. The molecule has 1 aromatic heterocycles. The number of nitrogens with one attached hydrogen (secondary N) is 2. The van der Waals surface area contributed by atoms with Crippen LogP contribution in [0.4, 0.5) is 0 Å². The number of aromatic nitrogens is 2. The number of aryl methyl sites for hydroxylation is 1. The molecule has 140 valence electrons. The molecule has 3 N–H and O–H groups in total. The van der Waals surface area contributed by atoms with Crippen LogP contribution in [0.2, 0.25) is 0 Å². The summed E-state index contributed by atoms with van der Waals surface area (Å²) in [5.74, 6) is 0.458. The van der Waals surface area contributed by atoms with E-state index >= 15 is 0 Å².